The third kappa shape index (κ3) is 1.44. The van der Waals surface area contributed by atoms with Gasteiger partial charge < -0.3 is 0 Å². The van der Waals surface area contributed by atoms with E-state index in [0.717, 1.165) is 0 Å². The fraction of sp³-hybridized carbons (Fsp3) is 0.375. The van der Waals surface area contributed by atoms with Gasteiger partial charge in [-0.05, 0) is 46.9 Å². The molecule has 0 aliphatic heterocycles. The Balaban J connectivity index is 2.60. The van der Waals surface area contributed by atoms with Gasteiger partial charge in [-0.3, -0.25) is 0 Å². The minimum absolute atomic E-state index is 0.626. The van der Waals surface area contributed by atoms with Crippen LogP contribution in [0.2, 0.25) is 0 Å². The Hall–Kier alpha value is -1.30. The van der Waals surface area contributed by atoms with Crippen molar-refractivity contribution in [2.75, 3.05) is 0 Å². The fourth-order valence-corrected chi connectivity index (χ4v) is 3.12. The summed E-state index contributed by atoms with van der Waals surface area (Å²) in [7, 11) is 0. The average Bonchev–Trinajstić information content (AvgIpc) is 2.61. The standard InChI is InChI=1S/C16H20/c1-5-12-9-8-10-15-14(7-3)13(6-2)11(4)16(12)15/h5,8-10,13-14H,1,4,6-7H2,2-3H3. The summed E-state index contributed by atoms with van der Waals surface area (Å²) in [6.07, 6.45) is 4.34. The molecular formula is C16H20. The smallest absolute Gasteiger partial charge is 0.00896 e. The molecule has 2 atom stereocenters. The van der Waals surface area contributed by atoms with E-state index in [9.17, 15) is 0 Å². The Morgan fingerprint density at radius 1 is 1.19 bits per heavy atom. The number of allylic oxidation sites excluding steroid dienone is 1. The van der Waals surface area contributed by atoms with Crippen LogP contribution in [0.1, 0.15) is 49.3 Å². The molecule has 0 nitrogen and oxygen atoms in total. The zero-order valence-electron chi connectivity index (χ0n) is 10.3. The summed E-state index contributed by atoms with van der Waals surface area (Å²) in [5.41, 5.74) is 5.42. The Kier molecular flexibility index (Phi) is 3.00. The number of benzene rings is 1. The van der Waals surface area contributed by atoms with Crippen molar-refractivity contribution >= 4 is 11.6 Å². The van der Waals surface area contributed by atoms with Crippen molar-refractivity contribution in [3.05, 3.63) is 48.0 Å². The molecule has 0 radical (unpaired) electrons. The fourth-order valence-electron chi connectivity index (χ4n) is 3.12. The van der Waals surface area contributed by atoms with Crippen LogP contribution in [0.4, 0.5) is 0 Å². The molecule has 1 aromatic carbocycles. The molecule has 0 fully saturated rings. The maximum atomic E-state index is 4.31. The molecule has 2 rings (SSSR count). The van der Waals surface area contributed by atoms with E-state index in [1.54, 1.807) is 0 Å². The molecule has 0 saturated carbocycles. The van der Waals surface area contributed by atoms with Gasteiger partial charge in [-0.15, -0.1) is 0 Å². The van der Waals surface area contributed by atoms with Crippen molar-refractivity contribution in [3.8, 4) is 0 Å². The second-order valence-corrected chi connectivity index (χ2v) is 4.57. The van der Waals surface area contributed by atoms with Gasteiger partial charge in [-0.25, -0.2) is 0 Å². The van der Waals surface area contributed by atoms with Gasteiger partial charge in [0.2, 0.25) is 0 Å². The highest BCUT2D eigenvalue weighted by atomic mass is 14.4. The third-order valence-corrected chi connectivity index (χ3v) is 3.88. The van der Waals surface area contributed by atoms with Gasteiger partial charge in [0.1, 0.15) is 0 Å². The Morgan fingerprint density at radius 2 is 1.88 bits per heavy atom. The van der Waals surface area contributed by atoms with Crippen molar-refractivity contribution < 1.29 is 0 Å². The lowest BCUT2D eigenvalue weighted by Gasteiger charge is -2.17. The summed E-state index contributed by atoms with van der Waals surface area (Å²) in [5.74, 6) is 1.29. The third-order valence-electron chi connectivity index (χ3n) is 3.88. The molecule has 0 bridgehead atoms. The molecule has 1 aliphatic rings. The van der Waals surface area contributed by atoms with E-state index in [-0.39, 0.29) is 0 Å². The maximum Gasteiger partial charge on any atom is -0.00896 e. The van der Waals surface area contributed by atoms with Crippen molar-refractivity contribution in [2.24, 2.45) is 5.92 Å². The number of hydrogen-bond acceptors (Lipinski definition) is 0. The summed E-state index contributed by atoms with van der Waals surface area (Å²) in [4.78, 5) is 0. The molecule has 0 heteroatoms. The molecule has 0 amide bonds. The predicted octanol–water partition coefficient (Wildman–Crippen LogP) is 4.88. The highest BCUT2D eigenvalue weighted by molar-refractivity contribution is 5.80. The van der Waals surface area contributed by atoms with Gasteiger partial charge >= 0.3 is 0 Å². The van der Waals surface area contributed by atoms with Crippen molar-refractivity contribution in [2.45, 2.75) is 32.6 Å². The second kappa shape index (κ2) is 4.29. The zero-order valence-corrected chi connectivity index (χ0v) is 10.3. The van der Waals surface area contributed by atoms with Crippen molar-refractivity contribution in [1.82, 2.24) is 0 Å². The van der Waals surface area contributed by atoms with E-state index in [0.29, 0.717) is 11.8 Å². The summed E-state index contributed by atoms with van der Waals surface area (Å²) >= 11 is 0. The molecular weight excluding hydrogens is 192 g/mol. The Morgan fingerprint density at radius 3 is 2.44 bits per heavy atom. The number of hydrogen-bond donors (Lipinski definition) is 0. The highest BCUT2D eigenvalue weighted by Gasteiger charge is 2.33. The Bertz CT molecular complexity index is 426. The Labute approximate surface area is 98.7 Å². The van der Waals surface area contributed by atoms with E-state index < -0.39 is 0 Å². The van der Waals surface area contributed by atoms with Gasteiger partial charge in [-0.1, -0.05) is 51.3 Å². The molecule has 0 heterocycles. The first-order valence-electron chi connectivity index (χ1n) is 6.19. The van der Waals surface area contributed by atoms with Crippen LogP contribution >= 0.6 is 0 Å². The molecule has 2 unspecified atom stereocenters. The molecule has 84 valence electrons. The summed E-state index contributed by atoms with van der Waals surface area (Å²) in [6.45, 7) is 12.7. The molecule has 1 aromatic rings. The van der Waals surface area contributed by atoms with Crippen molar-refractivity contribution in [3.63, 3.8) is 0 Å². The summed E-state index contributed by atoms with van der Waals surface area (Å²) in [5, 5.41) is 0. The van der Waals surface area contributed by atoms with E-state index in [4.69, 9.17) is 0 Å². The van der Waals surface area contributed by atoms with Crippen molar-refractivity contribution in [1.29, 1.82) is 0 Å². The second-order valence-electron chi connectivity index (χ2n) is 4.57. The molecule has 0 saturated heterocycles. The minimum Gasteiger partial charge on any atom is -0.0984 e. The number of fused-ring (bicyclic) bond motifs is 1. The molecule has 1 aliphatic carbocycles. The van der Waals surface area contributed by atoms with Gasteiger partial charge in [0.05, 0.1) is 0 Å². The van der Waals surface area contributed by atoms with E-state index >= 15 is 0 Å². The summed E-state index contributed by atoms with van der Waals surface area (Å²) < 4.78 is 0. The first-order chi connectivity index (χ1) is 7.74. The first-order valence-corrected chi connectivity index (χ1v) is 6.19. The predicted molar refractivity (Wildman–Crippen MR) is 72.4 cm³/mol. The zero-order chi connectivity index (χ0) is 11.7. The van der Waals surface area contributed by atoms with Crippen LogP contribution in [-0.2, 0) is 0 Å². The van der Waals surface area contributed by atoms with Crippen LogP contribution in [-0.4, -0.2) is 0 Å². The molecule has 0 spiro atoms. The van der Waals surface area contributed by atoms with Gasteiger partial charge in [0.15, 0.2) is 0 Å². The lowest BCUT2D eigenvalue weighted by atomic mass is 9.87. The average molecular weight is 212 g/mol. The van der Waals surface area contributed by atoms with Crippen LogP contribution in [0, 0.1) is 5.92 Å². The van der Waals surface area contributed by atoms with Crippen LogP contribution in [0.5, 0.6) is 0 Å². The lowest BCUT2D eigenvalue weighted by Crippen LogP contribution is -2.04. The monoisotopic (exact) mass is 212 g/mol. The topological polar surface area (TPSA) is 0 Å². The van der Waals surface area contributed by atoms with E-state index in [1.165, 1.54) is 35.1 Å². The summed E-state index contributed by atoms with van der Waals surface area (Å²) in [6, 6.07) is 6.54. The normalized spacial score (nSPS) is 23.2. The minimum atomic E-state index is 0.626. The van der Waals surface area contributed by atoms with Gasteiger partial charge in [0.25, 0.3) is 0 Å². The van der Waals surface area contributed by atoms with Crippen LogP contribution in [0.3, 0.4) is 0 Å². The van der Waals surface area contributed by atoms with Crippen LogP contribution in [0.15, 0.2) is 31.4 Å². The van der Waals surface area contributed by atoms with Crippen LogP contribution < -0.4 is 0 Å². The number of rotatable bonds is 3. The first kappa shape index (κ1) is 11.2. The maximum absolute atomic E-state index is 4.31. The molecule has 0 aromatic heterocycles. The SMILES string of the molecule is C=Cc1cccc2c1C(=C)C(CC)C2CC. The highest BCUT2D eigenvalue weighted by Crippen LogP contribution is 2.49. The molecule has 16 heavy (non-hydrogen) atoms. The van der Waals surface area contributed by atoms with E-state index in [1.807, 2.05) is 6.08 Å². The largest absolute Gasteiger partial charge is 0.0984 e. The van der Waals surface area contributed by atoms with Crippen LogP contribution in [0.25, 0.3) is 11.6 Å². The quantitative estimate of drug-likeness (QED) is 0.670. The van der Waals surface area contributed by atoms with Gasteiger partial charge in [-0.2, -0.15) is 0 Å². The lowest BCUT2D eigenvalue weighted by molar-refractivity contribution is 0.515. The molecule has 0 N–H and O–H groups in total. The van der Waals surface area contributed by atoms with E-state index in [2.05, 4.69) is 45.2 Å². The van der Waals surface area contributed by atoms with Gasteiger partial charge in [0, 0.05) is 0 Å².